The third-order valence-electron chi connectivity index (χ3n) is 6.90. The molecule has 5 nitrogen and oxygen atoms in total. The van der Waals surface area contributed by atoms with Gasteiger partial charge in [0.05, 0.1) is 7.11 Å². The number of rotatable bonds is 6. The van der Waals surface area contributed by atoms with Crippen molar-refractivity contribution < 1.29 is 14.3 Å². The molecule has 0 saturated heterocycles. The molecule has 5 heteroatoms. The van der Waals surface area contributed by atoms with Crippen LogP contribution in [0.25, 0.3) is 0 Å². The number of nitrogens with zero attached hydrogens (tertiary/aromatic N) is 2. The first kappa shape index (κ1) is 23.1. The second-order valence-electron chi connectivity index (χ2n) is 9.75. The highest BCUT2D eigenvalue weighted by molar-refractivity contribution is 6.07. The van der Waals surface area contributed by atoms with E-state index >= 15 is 0 Å². The normalized spacial score (nSPS) is 20.0. The zero-order valence-corrected chi connectivity index (χ0v) is 20.4. The number of hydrogen-bond acceptors (Lipinski definition) is 4. The van der Waals surface area contributed by atoms with Crippen LogP contribution in [0, 0.1) is 5.41 Å². The Morgan fingerprint density at radius 2 is 1.61 bits per heavy atom. The van der Waals surface area contributed by atoms with Crippen molar-refractivity contribution in [2.24, 2.45) is 5.41 Å². The van der Waals surface area contributed by atoms with Crippen LogP contribution in [0.2, 0.25) is 0 Å². The second kappa shape index (κ2) is 9.05. The van der Waals surface area contributed by atoms with Crippen molar-refractivity contribution in [2.75, 3.05) is 30.0 Å². The fourth-order valence-corrected chi connectivity index (χ4v) is 5.24. The van der Waals surface area contributed by atoms with Crippen molar-refractivity contribution in [1.29, 1.82) is 0 Å². The zero-order valence-electron chi connectivity index (χ0n) is 20.4. The molecular weight excluding hydrogens is 412 g/mol. The Bertz CT molecular complexity index is 1060. The number of methoxy groups -OCH3 is 1. The average Bonchev–Trinajstić information content (AvgIpc) is 2.79. The SMILES string of the molecule is CCN(CC)c1ccc(C2CC(=O)N(c3ccc(OC)cc3)C3=C2C(=O)CC(C)(C)C3)cc1. The summed E-state index contributed by atoms with van der Waals surface area (Å²) >= 11 is 0. The molecule has 2 aliphatic rings. The molecule has 0 bridgehead atoms. The molecule has 1 heterocycles. The number of carbonyl (C=O) groups is 2. The lowest BCUT2D eigenvalue weighted by molar-refractivity contribution is -0.121. The Morgan fingerprint density at radius 3 is 2.18 bits per heavy atom. The molecule has 1 aliphatic heterocycles. The highest BCUT2D eigenvalue weighted by Gasteiger charge is 2.44. The second-order valence-corrected chi connectivity index (χ2v) is 9.75. The third kappa shape index (κ3) is 4.41. The number of carbonyl (C=O) groups excluding carboxylic acids is 2. The largest absolute Gasteiger partial charge is 0.497 e. The number of ketones is 1. The number of hydrogen-bond donors (Lipinski definition) is 0. The molecule has 0 spiro atoms. The summed E-state index contributed by atoms with van der Waals surface area (Å²) in [4.78, 5) is 31.0. The first-order chi connectivity index (χ1) is 15.8. The van der Waals surface area contributed by atoms with Crippen molar-refractivity contribution in [2.45, 2.75) is 52.9 Å². The van der Waals surface area contributed by atoms with Gasteiger partial charge in [0.2, 0.25) is 5.91 Å². The lowest BCUT2D eigenvalue weighted by Crippen LogP contribution is -2.43. The number of ether oxygens (including phenoxy) is 1. The van der Waals surface area contributed by atoms with Crippen molar-refractivity contribution in [3.05, 3.63) is 65.4 Å². The number of benzene rings is 2. The number of Topliss-reactive ketones (excluding diaryl/α,β-unsaturated/α-hetero) is 1. The molecule has 0 radical (unpaired) electrons. The molecule has 0 aromatic heterocycles. The summed E-state index contributed by atoms with van der Waals surface area (Å²) in [5.74, 6) is 0.729. The van der Waals surface area contributed by atoms with Crippen LogP contribution in [0.3, 0.4) is 0 Å². The first-order valence-corrected chi connectivity index (χ1v) is 11.9. The molecule has 174 valence electrons. The van der Waals surface area contributed by atoms with E-state index in [1.54, 1.807) is 12.0 Å². The zero-order chi connectivity index (χ0) is 23.8. The van der Waals surface area contributed by atoms with Gasteiger partial charge in [-0.2, -0.15) is 0 Å². The quantitative estimate of drug-likeness (QED) is 0.571. The lowest BCUT2D eigenvalue weighted by atomic mass is 9.69. The van der Waals surface area contributed by atoms with Crippen molar-refractivity contribution >= 4 is 23.1 Å². The van der Waals surface area contributed by atoms with Crippen molar-refractivity contribution in [1.82, 2.24) is 0 Å². The predicted octanol–water partition coefficient (Wildman–Crippen LogP) is 5.71. The van der Waals surface area contributed by atoms with Gasteiger partial charge in [0.1, 0.15) is 5.75 Å². The summed E-state index contributed by atoms with van der Waals surface area (Å²) in [7, 11) is 1.63. The fraction of sp³-hybridized carbons (Fsp3) is 0.429. The van der Waals surface area contributed by atoms with Crippen LogP contribution < -0.4 is 14.5 Å². The maximum Gasteiger partial charge on any atom is 0.232 e. The highest BCUT2D eigenvalue weighted by Crippen LogP contribution is 2.48. The van der Waals surface area contributed by atoms with E-state index in [-0.39, 0.29) is 23.0 Å². The lowest BCUT2D eigenvalue weighted by Gasteiger charge is -2.43. The Labute approximate surface area is 197 Å². The van der Waals surface area contributed by atoms with Gasteiger partial charge in [0.25, 0.3) is 0 Å². The summed E-state index contributed by atoms with van der Waals surface area (Å²) in [6.07, 6.45) is 1.49. The van der Waals surface area contributed by atoms with Crippen LogP contribution in [-0.4, -0.2) is 31.9 Å². The highest BCUT2D eigenvalue weighted by atomic mass is 16.5. The number of anilines is 2. The van der Waals surface area contributed by atoms with Gasteiger partial charge < -0.3 is 9.64 Å². The molecular formula is C28H34N2O3. The third-order valence-corrected chi connectivity index (χ3v) is 6.90. The van der Waals surface area contributed by atoms with Gasteiger partial charge in [-0.25, -0.2) is 0 Å². The minimum Gasteiger partial charge on any atom is -0.497 e. The smallest absolute Gasteiger partial charge is 0.232 e. The summed E-state index contributed by atoms with van der Waals surface area (Å²) in [6, 6.07) is 15.9. The molecule has 0 saturated carbocycles. The first-order valence-electron chi connectivity index (χ1n) is 11.9. The van der Waals surface area contributed by atoms with E-state index in [4.69, 9.17) is 4.74 Å². The van der Waals surface area contributed by atoms with E-state index in [1.165, 1.54) is 0 Å². The van der Waals surface area contributed by atoms with Crippen molar-refractivity contribution in [3.8, 4) is 5.75 Å². The van der Waals surface area contributed by atoms with Gasteiger partial charge in [0.15, 0.2) is 5.78 Å². The molecule has 2 aromatic carbocycles. The van der Waals surface area contributed by atoms with Gasteiger partial charge in [-0.1, -0.05) is 26.0 Å². The fourth-order valence-electron chi connectivity index (χ4n) is 5.24. The van der Waals surface area contributed by atoms with Gasteiger partial charge in [-0.05, 0) is 67.6 Å². The summed E-state index contributed by atoms with van der Waals surface area (Å²) < 4.78 is 5.28. The predicted molar refractivity (Wildman–Crippen MR) is 133 cm³/mol. The van der Waals surface area contributed by atoms with Gasteiger partial charge >= 0.3 is 0 Å². The van der Waals surface area contributed by atoms with Gasteiger partial charge in [-0.3, -0.25) is 14.5 Å². The van der Waals surface area contributed by atoms with Crippen LogP contribution in [-0.2, 0) is 9.59 Å². The maximum absolute atomic E-state index is 13.5. The number of amides is 1. The van der Waals surface area contributed by atoms with Gasteiger partial charge in [0, 0.05) is 54.5 Å². The molecule has 0 fully saturated rings. The van der Waals surface area contributed by atoms with Crippen LogP contribution in [0.1, 0.15) is 58.4 Å². The van der Waals surface area contributed by atoms with E-state index in [0.29, 0.717) is 19.3 Å². The Kier molecular flexibility index (Phi) is 6.33. The van der Waals surface area contributed by atoms with Crippen molar-refractivity contribution in [3.63, 3.8) is 0 Å². The topological polar surface area (TPSA) is 49.9 Å². The molecule has 33 heavy (non-hydrogen) atoms. The monoisotopic (exact) mass is 446 g/mol. The molecule has 4 rings (SSSR count). The maximum atomic E-state index is 13.5. The molecule has 2 aromatic rings. The van der Waals surface area contributed by atoms with Crippen LogP contribution in [0.15, 0.2) is 59.8 Å². The van der Waals surface area contributed by atoms with Crippen LogP contribution >= 0.6 is 0 Å². The molecule has 1 aliphatic carbocycles. The Hall–Kier alpha value is -3.08. The summed E-state index contributed by atoms with van der Waals surface area (Å²) in [6.45, 7) is 10.4. The minimum atomic E-state index is -0.198. The van der Waals surface area contributed by atoms with Gasteiger partial charge in [-0.15, -0.1) is 0 Å². The average molecular weight is 447 g/mol. The standard InChI is InChI=1S/C28H34N2O3/c1-6-29(7-2)20-10-8-19(9-11-20)23-16-26(32)30(21-12-14-22(33-5)15-13-21)24-17-28(3,4)18-25(31)27(23)24/h8-15,23H,6-7,16-18H2,1-5H3. The molecule has 0 N–H and O–H groups in total. The molecule has 1 atom stereocenters. The Balaban J connectivity index is 1.79. The number of allylic oxidation sites excluding steroid dienone is 2. The Morgan fingerprint density at radius 1 is 0.970 bits per heavy atom. The van der Waals surface area contributed by atoms with E-state index in [0.717, 1.165) is 47.0 Å². The minimum absolute atomic E-state index is 0.0298. The summed E-state index contributed by atoms with van der Waals surface area (Å²) in [5.41, 5.74) is 4.46. The summed E-state index contributed by atoms with van der Waals surface area (Å²) in [5, 5.41) is 0. The molecule has 1 amide bonds. The molecule has 1 unspecified atom stereocenters. The van der Waals surface area contributed by atoms with Crippen LogP contribution in [0.4, 0.5) is 11.4 Å². The van der Waals surface area contributed by atoms with E-state index < -0.39 is 0 Å². The van der Waals surface area contributed by atoms with E-state index in [2.05, 4.69) is 56.9 Å². The van der Waals surface area contributed by atoms with Crippen LogP contribution in [0.5, 0.6) is 5.75 Å². The van der Waals surface area contributed by atoms with E-state index in [1.807, 2.05) is 24.3 Å². The van der Waals surface area contributed by atoms with E-state index in [9.17, 15) is 9.59 Å².